The lowest BCUT2D eigenvalue weighted by molar-refractivity contribution is -0.142. The molecular weight excluding hydrogens is 384 g/mol. The number of hydrogen-bond donors (Lipinski definition) is 1. The van der Waals surface area contributed by atoms with Crippen molar-refractivity contribution in [2.45, 2.75) is 19.8 Å². The van der Waals surface area contributed by atoms with E-state index in [2.05, 4.69) is 19.2 Å². The molecule has 0 saturated heterocycles. The van der Waals surface area contributed by atoms with E-state index in [1.165, 1.54) is 20.3 Å². The van der Waals surface area contributed by atoms with Crippen molar-refractivity contribution >= 4 is 23.6 Å². The number of rotatable bonds is 8. The summed E-state index contributed by atoms with van der Waals surface area (Å²) in [6.07, 6.45) is 1.43. The van der Waals surface area contributed by atoms with Crippen LogP contribution in [0.3, 0.4) is 0 Å². The maximum absolute atomic E-state index is 12.2. The van der Waals surface area contributed by atoms with Gasteiger partial charge in [-0.25, -0.2) is 4.79 Å². The first-order chi connectivity index (χ1) is 14.4. The second-order valence-electron chi connectivity index (χ2n) is 6.69. The number of anilines is 1. The first kappa shape index (κ1) is 22.5. The number of nitrogens with one attached hydrogen (secondary N) is 1. The summed E-state index contributed by atoms with van der Waals surface area (Å²) in [5, 5.41) is 11.9. The van der Waals surface area contributed by atoms with E-state index in [0.717, 1.165) is 5.56 Å². The number of hydrogen-bond acceptors (Lipinski definition) is 6. The number of benzene rings is 2. The third-order valence-corrected chi connectivity index (χ3v) is 4.26. The summed E-state index contributed by atoms with van der Waals surface area (Å²) in [4.78, 5) is 24.2. The molecule has 0 aliphatic carbocycles. The number of nitriles is 1. The summed E-state index contributed by atoms with van der Waals surface area (Å²) < 4.78 is 15.3. The molecule has 0 radical (unpaired) electrons. The van der Waals surface area contributed by atoms with Crippen LogP contribution >= 0.6 is 0 Å². The number of nitrogens with zero attached hydrogens (tertiary/aromatic N) is 1. The number of carbonyl (C=O) groups excluding carboxylic acids is 2. The minimum Gasteiger partial charge on any atom is -0.493 e. The molecule has 0 aliphatic rings. The van der Waals surface area contributed by atoms with E-state index < -0.39 is 18.5 Å². The van der Waals surface area contributed by atoms with Gasteiger partial charge in [0.25, 0.3) is 5.91 Å². The summed E-state index contributed by atoms with van der Waals surface area (Å²) in [5.74, 6) is -0.0627. The summed E-state index contributed by atoms with van der Waals surface area (Å²) in [7, 11) is 2.99. The van der Waals surface area contributed by atoms with Crippen LogP contribution in [0.25, 0.3) is 6.08 Å². The molecule has 7 heteroatoms. The van der Waals surface area contributed by atoms with Crippen molar-refractivity contribution in [3.63, 3.8) is 0 Å². The predicted molar refractivity (Wildman–Crippen MR) is 113 cm³/mol. The average molecular weight is 408 g/mol. The second-order valence-corrected chi connectivity index (χ2v) is 6.69. The van der Waals surface area contributed by atoms with Gasteiger partial charge in [-0.1, -0.05) is 38.1 Å². The third-order valence-electron chi connectivity index (χ3n) is 4.26. The zero-order chi connectivity index (χ0) is 22.1. The van der Waals surface area contributed by atoms with E-state index in [1.54, 1.807) is 18.2 Å². The van der Waals surface area contributed by atoms with E-state index in [1.807, 2.05) is 30.3 Å². The first-order valence-corrected chi connectivity index (χ1v) is 9.28. The van der Waals surface area contributed by atoms with Gasteiger partial charge in [-0.05, 0) is 35.3 Å². The Kier molecular flexibility index (Phi) is 8.00. The number of methoxy groups -OCH3 is 2. The van der Waals surface area contributed by atoms with Crippen LogP contribution in [0.15, 0.2) is 48.0 Å². The Bertz CT molecular complexity index is 972. The fourth-order valence-corrected chi connectivity index (χ4v) is 2.60. The van der Waals surface area contributed by atoms with Crippen molar-refractivity contribution in [2.24, 2.45) is 0 Å². The Morgan fingerprint density at radius 2 is 1.73 bits per heavy atom. The normalized spacial score (nSPS) is 10.9. The average Bonchev–Trinajstić information content (AvgIpc) is 2.75. The number of amides is 1. The second kappa shape index (κ2) is 10.7. The molecule has 2 aromatic rings. The Balaban J connectivity index is 1.97. The van der Waals surface area contributed by atoms with Gasteiger partial charge < -0.3 is 19.5 Å². The molecule has 0 atom stereocenters. The van der Waals surface area contributed by atoms with Gasteiger partial charge in [-0.2, -0.15) is 5.26 Å². The standard InChI is InChI=1S/C23H24N2O5/c1-15(2)17-7-5-16(6-8-17)11-18(13-24)23(27)30-14-22(26)25-19-9-10-20(28-3)21(12-19)29-4/h5-12,15H,14H2,1-4H3,(H,25,26)/b18-11+. The Hall–Kier alpha value is -3.79. The quantitative estimate of drug-likeness (QED) is 0.404. The highest BCUT2D eigenvalue weighted by molar-refractivity contribution is 6.00. The van der Waals surface area contributed by atoms with Gasteiger partial charge in [0.05, 0.1) is 14.2 Å². The van der Waals surface area contributed by atoms with Crippen LogP contribution < -0.4 is 14.8 Å². The van der Waals surface area contributed by atoms with Crippen LogP contribution in [0.5, 0.6) is 11.5 Å². The molecule has 7 nitrogen and oxygen atoms in total. The van der Waals surface area contributed by atoms with Crippen LogP contribution in [0, 0.1) is 11.3 Å². The summed E-state index contributed by atoms with van der Waals surface area (Å²) in [5.41, 5.74) is 2.11. The number of esters is 1. The maximum atomic E-state index is 12.2. The fourth-order valence-electron chi connectivity index (χ4n) is 2.60. The molecule has 2 aromatic carbocycles. The summed E-state index contributed by atoms with van der Waals surface area (Å²) >= 11 is 0. The highest BCUT2D eigenvalue weighted by atomic mass is 16.5. The molecule has 156 valence electrons. The molecule has 1 amide bonds. The van der Waals surface area contributed by atoms with Crippen LogP contribution in [-0.4, -0.2) is 32.7 Å². The fraction of sp³-hybridized carbons (Fsp3) is 0.261. The molecule has 2 rings (SSSR count). The monoisotopic (exact) mass is 408 g/mol. The van der Waals surface area contributed by atoms with Crippen molar-refractivity contribution in [3.05, 3.63) is 59.2 Å². The summed E-state index contributed by atoms with van der Waals surface area (Å²) in [6.45, 7) is 3.63. The van der Waals surface area contributed by atoms with E-state index in [9.17, 15) is 14.9 Å². The molecule has 0 aromatic heterocycles. The lowest BCUT2D eigenvalue weighted by atomic mass is 10.0. The first-order valence-electron chi connectivity index (χ1n) is 9.28. The van der Waals surface area contributed by atoms with Crippen LogP contribution in [-0.2, 0) is 14.3 Å². The molecule has 0 bridgehead atoms. The Labute approximate surface area is 175 Å². The van der Waals surface area contributed by atoms with Crippen molar-refractivity contribution in [3.8, 4) is 17.6 Å². The Morgan fingerprint density at radius 3 is 2.30 bits per heavy atom. The minimum absolute atomic E-state index is 0.189. The third kappa shape index (κ3) is 6.11. The van der Waals surface area contributed by atoms with Gasteiger partial charge in [0.1, 0.15) is 11.6 Å². The Morgan fingerprint density at radius 1 is 1.07 bits per heavy atom. The molecule has 0 saturated carbocycles. The van der Waals surface area contributed by atoms with E-state index >= 15 is 0 Å². The largest absolute Gasteiger partial charge is 0.493 e. The van der Waals surface area contributed by atoms with Gasteiger partial charge in [0.2, 0.25) is 0 Å². The van der Waals surface area contributed by atoms with Crippen molar-refractivity contribution in [1.82, 2.24) is 0 Å². The van der Waals surface area contributed by atoms with Crippen molar-refractivity contribution in [2.75, 3.05) is 26.1 Å². The van der Waals surface area contributed by atoms with Gasteiger partial charge >= 0.3 is 5.97 Å². The van der Waals surface area contributed by atoms with Crippen LogP contribution in [0.2, 0.25) is 0 Å². The van der Waals surface area contributed by atoms with Crippen molar-refractivity contribution in [1.29, 1.82) is 5.26 Å². The highest BCUT2D eigenvalue weighted by Gasteiger charge is 2.14. The van der Waals surface area contributed by atoms with Crippen molar-refractivity contribution < 1.29 is 23.8 Å². The maximum Gasteiger partial charge on any atom is 0.349 e. The molecule has 1 N–H and O–H groups in total. The smallest absolute Gasteiger partial charge is 0.349 e. The lowest BCUT2D eigenvalue weighted by Gasteiger charge is -2.10. The highest BCUT2D eigenvalue weighted by Crippen LogP contribution is 2.29. The number of carbonyl (C=O) groups is 2. The van der Waals surface area contributed by atoms with Gasteiger partial charge in [0, 0.05) is 11.8 Å². The van der Waals surface area contributed by atoms with Crippen LogP contribution in [0.1, 0.15) is 30.9 Å². The van der Waals surface area contributed by atoms with E-state index in [4.69, 9.17) is 14.2 Å². The minimum atomic E-state index is -0.868. The molecule has 0 spiro atoms. The SMILES string of the molecule is COc1ccc(NC(=O)COC(=O)/C(C#N)=C/c2ccc(C(C)C)cc2)cc1OC. The molecular formula is C23H24N2O5. The zero-order valence-electron chi connectivity index (χ0n) is 17.4. The molecule has 0 aliphatic heterocycles. The number of ether oxygens (including phenoxy) is 3. The van der Waals surface area contributed by atoms with Gasteiger partial charge in [0.15, 0.2) is 18.1 Å². The zero-order valence-corrected chi connectivity index (χ0v) is 17.4. The predicted octanol–water partition coefficient (Wildman–Crippen LogP) is 3.92. The topological polar surface area (TPSA) is 97.6 Å². The summed E-state index contributed by atoms with van der Waals surface area (Å²) in [6, 6.07) is 14.2. The molecule has 0 unspecified atom stereocenters. The van der Waals surface area contributed by atoms with E-state index in [0.29, 0.717) is 28.7 Å². The van der Waals surface area contributed by atoms with Gasteiger partial charge in [-0.3, -0.25) is 4.79 Å². The lowest BCUT2D eigenvalue weighted by Crippen LogP contribution is -2.21. The molecule has 0 fully saturated rings. The molecule has 0 heterocycles. The molecule has 30 heavy (non-hydrogen) atoms. The van der Waals surface area contributed by atoms with E-state index in [-0.39, 0.29) is 5.57 Å². The van der Waals surface area contributed by atoms with Crippen LogP contribution in [0.4, 0.5) is 5.69 Å². The van der Waals surface area contributed by atoms with Gasteiger partial charge in [-0.15, -0.1) is 0 Å².